The fraction of sp³-hybridized carbons (Fsp3) is 0.600. The number of carbonyl (C=O) groups excluding carboxylic acids is 1. The van der Waals surface area contributed by atoms with Crippen molar-refractivity contribution in [3.05, 3.63) is 29.8 Å². The topological polar surface area (TPSA) is 66.0 Å². The molecular weight excluding hydrogens is 328 g/mol. The van der Waals surface area contributed by atoms with Gasteiger partial charge in [-0.2, -0.15) is 0 Å². The number of guanidine groups is 1. The second kappa shape index (κ2) is 8.92. The van der Waals surface area contributed by atoms with Gasteiger partial charge in [0.1, 0.15) is 5.75 Å². The van der Waals surface area contributed by atoms with Gasteiger partial charge in [-0.05, 0) is 43.4 Å². The van der Waals surface area contributed by atoms with Crippen LogP contribution in [0.3, 0.4) is 0 Å². The average molecular weight is 358 g/mol. The Labute approximate surface area is 156 Å². The molecule has 3 rings (SSSR count). The van der Waals surface area contributed by atoms with Crippen LogP contribution in [0.1, 0.15) is 43.6 Å². The first-order valence-electron chi connectivity index (χ1n) is 9.58. The summed E-state index contributed by atoms with van der Waals surface area (Å²) in [4.78, 5) is 18.4. The number of amides is 1. The van der Waals surface area contributed by atoms with Crippen molar-refractivity contribution in [1.29, 1.82) is 0 Å². The zero-order chi connectivity index (χ0) is 18.4. The standard InChI is InChI=1S/C20H30N4O2/c1-21-20(22-12-3-4-19(25)23-17-7-8-17)24-13-11-16(14-24)15-5-9-18(26-2)10-6-15/h5-6,9-10,16-17H,3-4,7-8,11-14H2,1-2H3,(H,21,22)(H,23,25). The fourth-order valence-electron chi connectivity index (χ4n) is 3.41. The number of likely N-dealkylation sites (tertiary alicyclic amines) is 1. The summed E-state index contributed by atoms with van der Waals surface area (Å²) in [6.45, 7) is 2.74. The van der Waals surface area contributed by atoms with Crippen LogP contribution in [0.5, 0.6) is 5.75 Å². The van der Waals surface area contributed by atoms with E-state index in [1.807, 2.05) is 19.2 Å². The van der Waals surface area contributed by atoms with Gasteiger partial charge in [-0.15, -0.1) is 0 Å². The smallest absolute Gasteiger partial charge is 0.220 e. The number of ether oxygens (including phenoxy) is 1. The molecule has 1 aromatic carbocycles. The van der Waals surface area contributed by atoms with Crippen LogP contribution in [0.15, 0.2) is 29.3 Å². The lowest BCUT2D eigenvalue weighted by molar-refractivity contribution is -0.121. The minimum atomic E-state index is 0.171. The molecule has 1 aliphatic carbocycles. The highest BCUT2D eigenvalue weighted by molar-refractivity contribution is 5.80. The summed E-state index contributed by atoms with van der Waals surface area (Å²) in [5.41, 5.74) is 1.35. The van der Waals surface area contributed by atoms with E-state index in [1.165, 1.54) is 5.56 Å². The van der Waals surface area contributed by atoms with Crippen LogP contribution >= 0.6 is 0 Å². The van der Waals surface area contributed by atoms with Gasteiger partial charge in [0.05, 0.1) is 7.11 Å². The summed E-state index contributed by atoms with van der Waals surface area (Å²) in [5, 5.41) is 6.43. The number of benzene rings is 1. The third kappa shape index (κ3) is 5.13. The number of nitrogens with zero attached hydrogens (tertiary/aromatic N) is 2. The Bertz CT molecular complexity index is 625. The van der Waals surface area contributed by atoms with Crippen molar-refractivity contribution < 1.29 is 9.53 Å². The van der Waals surface area contributed by atoms with E-state index in [9.17, 15) is 4.79 Å². The molecule has 142 valence electrons. The molecule has 1 heterocycles. The van der Waals surface area contributed by atoms with Crippen molar-refractivity contribution in [3.8, 4) is 5.75 Å². The third-order valence-corrected chi connectivity index (χ3v) is 5.09. The lowest BCUT2D eigenvalue weighted by atomic mass is 9.98. The molecule has 2 aliphatic rings. The molecule has 1 saturated heterocycles. The van der Waals surface area contributed by atoms with Crippen molar-refractivity contribution in [3.63, 3.8) is 0 Å². The van der Waals surface area contributed by atoms with Crippen molar-refractivity contribution in [1.82, 2.24) is 15.5 Å². The zero-order valence-electron chi connectivity index (χ0n) is 15.8. The number of hydrogen-bond donors (Lipinski definition) is 2. The summed E-state index contributed by atoms with van der Waals surface area (Å²) in [7, 11) is 3.51. The molecule has 0 radical (unpaired) electrons. The summed E-state index contributed by atoms with van der Waals surface area (Å²) in [5.74, 6) is 2.52. The lowest BCUT2D eigenvalue weighted by Crippen LogP contribution is -2.40. The summed E-state index contributed by atoms with van der Waals surface area (Å²) in [6.07, 6.45) is 4.81. The Morgan fingerprint density at radius 3 is 2.69 bits per heavy atom. The van der Waals surface area contributed by atoms with Gasteiger partial charge < -0.3 is 20.3 Å². The van der Waals surface area contributed by atoms with E-state index in [0.717, 1.165) is 57.0 Å². The lowest BCUT2D eigenvalue weighted by Gasteiger charge is -2.22. The van der Waals surface area contributed by atoms with Gasteiger partial charge in [-0.25, -0.2) is 0 Å². The molecule has 0 spiro atoms. The molecule has 1 unspecified atom stereocenters. The van der Waals surface area contributed by atoms with Crippen LogP contribution in [-0.2, 0) is 4.79 Å². The van der Waals surface area contributed by atoms with Crippen LogP contribution in [0, 0.1) is 0 Å². The number of methoxy groups -OCH3 is 1. The molecule has 26 heavy (non-hydrogen) atoms. The third-order valence-electron chi connectivity index (χ3n) is 5.09. The molecule has 0 aromatic heterocycles. The van der Waals surface area contributed by atoms with E-state index < -0.39 is 0 Å². The first-order valence-corrected chi connectivity index (χ1v) is 9.58. The maximum Gasteiger partial charge on any atom is 0.220 e. The van der Waals surface area contributed by atoms with Gasteiger partial charge in [0, 0.05) is 45.1 Å². The number of carbonyl (C=O) groups is 1. The van der Waals surface area contributed by atoms with Crippen molar-refractivity contribution in [2.24, 2.45) is 4.99 Å². The second-order valence-corrected chi connectivity index (χ2v) is 7.12. The van der Waals surface area contributed by atoms with Crippen molar-refractivity contribution >= 4 is 11.9 Å². The first-order chi connectivity index (χ1) is 12.7. The normalized spacial score (nSPS) is 20.2. The van der Waals surface area contributed by atoms with Gasteiger partial charge in [0.2, 0.25) is 5.91 Å². The minimum absolute atomic E-state index is 0.171. The van der Waals surface area contributed by atoms with Crippen molar-refractivity contribution in [2.75, 3.05) is 33.8 Å². The molecule has 2 N–H and O–H groups in total. The summed E-state index contributed by atoms with van der Waals surface area (Å²) in [6, 6.07) is 8.81. The summed E-state index contributed by atoms with van der Waals surface area (Å²) < 4.78 is 5.24. The number of hydrogen-bond acceptors (Lipinski definition) is 3. The zero-order valence-corrected chi connectivity index (χ0v) is 15.8. The van der Waals surface area contributed by atoms with Gasteiger partial charge in [-0.1, -0.05) is 12.1 Å². The van der Waals surface area contributed by atoms with Crippen LogP contribution in [0.2, 0.25) is 0 Å². The molecule has 1 aliphatic heterocycles. The van der Waals surface area contributed by atoms with Crippen LogP contribution in [-0.4, -0.2) is 56.6 Å². The Hall–Kier alpha value is -2.24. The monoisotopic (exact) mass is 358 g/mol. The maximum atomic E-state index is 11.7. The molecule has 1 saturated carbocycles. The molecule has 0 bridgehead atoms. The van der Waals surface area contributed by atoms with E-state index in [1.54, 1.807) is 7.11 Å². The highest BCUT2D eigenvalue weighted by atomic mass is 16.5. The van der Waals surface area contributed by atoms with Crippen LogP contribution in [0.4, 0.5) is 0 Å². The van der Waals surface area contributed by atoms with E-state index in [2.05, 4.69) is 32.7 Å². The number of rotatable bonds is 7. The molecular formula is C20H30N4O2. The van der Waals surface area contributed by atoms with Crippen LogP contribution < -0.4 is 15.4 Å². The van der Waals surface area contributed by atoms with E-state index in [4.69, 9.17) is 4.74 Å². The largest absolute Gasteiger partial charge is 0.497 e. The molecule has 1 amide bonds. The molecule has 2 fully saturated rings. The Morgan fingerprint density at radius 1 is 1.27 bits per heavy atom. The van der Waals surface area contributed by atoms with E-state index >= 15 is 0 Å². The quantitative estimate of drug-likeness (QED) is 0.445. The Balaban J connectivity index is 1.41. The van der Waals surface area contributed by atoms with E-state index in [-0.39, 0.29) is 5.91 Å². The van der Waals surface area contributed by atoms with Gasteiger partial charge >= 0.3 is 0 Å². The molecule has 6 nitrogen and oxygen atoms in total. The maximum absolute atomic E-state index is 11.7. The fourth-order valence-corrected chi connectivity index (χ4v) is 3.41. The van der Waals surface area contributed by atoms with Gasteiger partial charge in [0.15, 0.2) is 5.96 Å². The highest BCUT2D eigenvalue weighted by Gasteiger charge is 2.26. The highest BCUT2D eigenvalue weighted by Crippen LogP contribution is 2.28. The average Bonchev–Trinajstić information content (AvgIpc) is 3.34. The van der Waals surface area contributed by atoms with Crippen molar-refractivity contribution in [2.45, 2.75) is 44.1 Å². The van der Waals surface area contributed by atoms with Crippen LogP contribution in [0.25, 0.3) is 0 Å². The summed E-state index contributed by atoms with van der Waals surface area (Å²) >= 11 is 0. The SMILES string of the molecule is CN=C(NCCCC(=O)NC1CC1)N1CCC(c2ccc(OC)cc2)C1. The van der Waals surface area contributed by atoms with E-state index in [0.29, 0.717) is 18.4 Å². The number of aliphatic imine (C=N–C) groups is 1. The Kier molecular flexibility index (Phi) is 6.36. The minimum Gasteiger partial charge on any atom is -0.497 e. The number of nitrogens with one attached hydrogen (secondary N) is 2. The molecule has 6 heteroatoms. The Morgan fingerprint density at radius 2 is 2.04 bits per heavy atom. The molecule has 1 aromatic rings. The predicted octanol–water partition coefficient (Wildman–Crippen LogP) is 2.12. The predicted molar refractivity (Wildman–Crippen MR) is 104 cm³/mol. The first kappa shape index (κ1) is 18.5. The second-order valence-electron chi connectivity index (χ2n) is 7.12. The molecule has 1 atom stereocenters. The van der Waals surface area contributed by atoms with Gasteiger partial charge in [-0.3, -0.25) is 9.79 Å². The van der Waals surface area contributed by atoms with Gasteiger partial charge in [0.25, 0.3) is 0 Å².